The number of hydrogen-bond acceptors (Lipinski definition) is 1. The van der Waals surface area contributed by atoms with Crippen LogP contribution in [0.1, 0.15) is 56.2 Å². The first-order valence-corrected chi connectivity index (χ1v) is 13.1. The number of aromatic nitrogens is 2. The van der Waals surface area contributed by atoms with E-state index in [0.29, 0.717) is 11.8 Å². The molecule has 0 aliphatic heterocycles. The first-order valence-electron chi connectivity index (χ1n) is 10.1. The summed E-state index contributed by atoms with van der Waals surface area (Å²) in [4.78, 5) is 4.71. The van der Waals surface area contributed by atoms with Crippen LogP contribution in [0.25, 0.3) is 17.1 Å². The molecule has 3 aromatic rings. The summed E-state index contributed by atoms with van der Waals surface area (Å²) >= 11 is 0. The normalized spacial score (nSPS) is 12.8. The predicted molar refractivity (Wildman–Crippen MR) is 126 cm³/mol. The van der Waals surface area contributed by atoms with Gasteiger partial charge >= 0.3 is 0 Å². The van der Waals surface area contributed by atoms with E-state index in [-0.39, 0.29) is 0 Å². The van der Waals surface area contributed by atoms with E-state index in [1.54, 1.807) is 0 Å². The van der Waals surface area contributed by atoms with E-state index in [1.165, 1.54) is 28.1 Å². The summed E-state index contributed by atoms with van der Waals surface area (Å²) < 4.78 is 2.30. The van der Waals surface area contributed by atoms with Gasteiger partial charge in [-0.2, -0.15) is 0 Å². The van der Waals surface area contributed by atoms with E-state index in [4.69, 9.17) is 4.98 Å². The summed E-state index contributed by atoms with van der Waals surface area (Å²) in [5.41, 5.74) is 6.77. The highest BCUT2D eigenvalue weighted by Gasteiger charge is 2.21. The van der Waals surface area contributed by atoms with Gasteiger partial charge in [-0.15, -0.1) is 0 Å². The van der Waals surface area contributed by atoms with Crippen molar-refractivity contribution in [2.45, 2.75) is 45.3 Å². The molecule has 3 heteroatoms. The fourth-order valence-corrected chi connectivity index (χ4v) is 4.94. The Hall–Kier alpha value is -2.00. The molecule has 0 fully saturated rings. The lowest BCUT2D eigenvalue weighted by Gasteiger charge is -2.28. The van der Waals surface area contributed by atoms with Gasteiger partial charge in [-0.25, -0.2) is 15.0 Å². The molecule has 0 unspecified atom stereocenters. The van der Waals surface area contributed by atoms with E-state index in [9.17, 15) is 0 Å². The molecule has 0 aliphatic rings. The summed E-state index contributed by atoms with van der Waals surface area (Å²) in [6.45, 7) is 9.21. The average Bonchev–Trinajstić information content (AvgIpc) is 3.09. The SMILES string of the molecule is CC(C)c1cc(CS(C)(C)C)cc(C(C)C)c1-n1ccnc1-c1ccccc1. The molecule has 2 aromatic carbocycles. The maximum Gasteiger partial charge on any atom is 0.144 e. The van der Waals surface area contributed by atoms with Crippen molar-refractivity contribution in [3.8, 4) is 17.1 Å². The Bertz CT molecular complexity index is 902. The Labute approximate surface area is 172 Å². The molecule has 0 atom stereocenters. The minimum absolute atomic E-state index is 0.452. The summed E-state index contributed by atoms with van der Waals surface area (Å²) in [5, 5.41) is 0. The van der Waals surface area contributed by atoms with E-state index in [2.05, 4.69) is 99.7 Å². The van der Waals surface area contributed by atoms with Crippen LogP contribution < -0.4 is 0 Å². The largest absolute Gasteiger partial charge is 0.299 e. The van der Waals surface area contributed by atoms with E-state index in [1.807, 2.05) is 6.20 Å². The van der Waals surface area contributed by atoms with Gasteiger partial charge in [0.05, 0.1) is 5.69 Å². The van der Waals surface area contributed by atoms with Crippen LogP contribution in [0, 0.1) is 0 Å². The molecule has 28 heavy (non-hydrogen) atoms. The Morgan fingerprint density at radius 2 is 1.46 bits per heavy atom. The first kappa shape index (κ1) is 20.7. The molecular weight excluding hydrogens is 360 g/mol. The minimum Gasteiger partial charge on any atom is -0.299 e. The smallest absolute Gasteiger partial charge is 0.144 e. The van der Waals surface area contributed by atoms with Gasteiger partial charge in [-0.3, -0.25) is 4.57 Å². The molecule has 3 rings (SSSR count). The van der Waals surface area contributed by atoms with Crippen molar-refractivity contribution < 1.29 is 0 Å². The summed E-state index contributed by atoms with van der Waals surface area (Å²) in [6.07, 6.45) is 11.2. The summed E-state index contributed by atoms with van der Waals surface area (Å²) in [5.74, 6) is 3.09. The molecule has 0 aliphatic carbocycles. The molecule has 1 heterocycles. The van der Waals surface area contributed by atoms with Crippen molar-refractivity contribution in [2.24, 2.45) is 0 Å². The van der Waals surface area contributed by atoms with Crippen LogP contribution in [0.15, 0.2) is 54.9 Å². The zero-order valence-corrected chi connectivity index (χ0v) is 19.2. The van der Waals surface area contributed by atoms with Gasteiger partial charge in [0.2, 0.25) is 0 Å². The van der Waals surface area contributed by atoms with Crippen LogP contribution >= 0.6 is 10.0 Å². The van der Waals surface area contributed by atoms with Crippen LogP contribution in [0.5, 0.6) is 0 Å². The number of benzene rings is 2. The Kier molecular flexibility index (Phi) is 6.04. The van der Waals surface area contributed by atoms with E-state index in [0.717, 1.165) is 11.4 Å². The zero-order valence-electron chi connectivity index (χ0n) is 18.4. The van der Waals surface area contributed by atoms with Gasteiger partial charge in [-0.05, 0) is 47.3 Å². The number of imidazole rings is 1. The second kappa shape index (κ2) is 8.16. The molecule has 0 amide bonds. The van der Waals surface area contributed by atoms with Crippen LogP contribution in [0.2, 0.25) is 0 Å². The summed E-state index contributed by atoms with van der Waals surface area (Å²) in [7, 11) is -0.599. The number of hydrogen-bond donors (Lipinski definition) is 0. The molecule has 0 spiro atoms. The summed E-state index contributed by atoms with van der Waals surface area (Å²) in [6, 6.07) is 15.4. The fourth-order valence-electron chi connectivity index (χ4n) is 3.77. The van der Waals surface area contributed by atoms with Crippen LogP contribution in [0.3, 0.4) is 0 Å². The molecular formula is C25H34N2S. The highest BCUT2D eigenvalue weighted by Crippen LogP contribution is 2.42. The molecule has 0 saturated heterocycles. The fraction of sp³-hybridized carbons (Fsp3) is 0.400. The maximum atomic E-state index is 4.71. The van der Waals surface area contributed by atoms with Crippen molar-refractivity contribution in [1.29, 1.82) is 0 Å². The lowest BCUT2D eigenvalue weighted by molar-refractivity contribution is 0.803. The lowest BCUT2D eigenvalue weighted by atomic mass is 9.90. The predicted octanol–water partition coefficient (Wildman–Crippen LogP) is 6.98. The Balaban J connectivity index is 2.25. The van der Waals surface area contributed by atoms with E-state index < -0.39 is 10.0 Å². The molecule has 0 saturated carbocycles. The van der Waals surface area contributed by atoms with Gasteiger partial charge in [0.25, 0.3) is 0 Å². The van der Waals surface area contributed by atoms with Crippen molar-refractivity contribution in [2.75, 3.05) is 18.8 Å². The first-order chi connectivity index (χ1) is 13.2. The van der Waals surface area contributed by atoms with Gasteiger partial charge in [0.15, 0.2) is 0 Å². The zero-order chi connectivity index (χ0) is 20.5. The molecule has 150 valence electrons. The third-order valence-corrected chi connectivity index (χ3v) is 6.19. The highest BCUT2D eigenvalue weighted by atomic mass is 32.3. The highest BCUT2D eigenvalue weighted by molar-refractivity contribution is 8.31. The average molecular weight is 395 g/mol. The number of rotatable bonds is 6. The van der Waals surface area contributed by atoms with Crippen molar-refractivity contribution in [3.05, 3.63) is 71.5 Å². The Morgan fingerprint density at radius 1 is 0.893 bits per heavy atom. The van der Waals surface area contributed by atoms with Crippen LogP contribution in [-0.2, 0) is 5.75 Å². The van der Waals surface area contributed by atoms with E-state index >= 15 is 0 Å². The standard InChI is InChI=1S/C25H34N2S/c1-18(2)22-15-20(17-28(5,6)7)16-23(19(3)4)24(22)27-14-13-26-25(27)21-11-9-8-10-12-21/h8-16,18-19H,17H2,1-7H3. The molecule has 1 aromatic heterocycles. The molecule has 0 bridgehead atoms. The Morgan fingerprint density at radius 3 is 1.96 bits per heavy atom. The van der Waals surface area contributed by atoms with Crippen LogP contribution in [0.4, 0.5) is 0 Å². The van der Waals surface area contributed by atoms with Crippen molar-refractivity contribution in [3.63, 3.8) is 0 Å². The molecule has 2 nitrogen and oxygen atoms in total. The third-order valence-electron chi connectivity index (χ3n) is 4.99. The van der Waals surface area contributed by atoms with Gasteiger partial charge < -0.3 is 0 Å². The second-order valence-corrected chi connectivity index (χ2v) is 13.6. The maximum absolute atomic E-state index is 4.71. The second-order valence-electron chi connectivity index (χ2n) is 9.15. The monoisotopic (exact) mass is 394 g/mol. The van der Waals surface area contributed by atoms with Crippen molar-refractivity contribution in [1.82, 2.24) is 9.55 Å². The van der Waals surface area contributed by atoms with Gasteiger partial charge in [0.1, 0.15) is 5.82 Å². The topological polar surface area (TPSA) is 17.8 Å². The van der Waals surface area contributed by atoms with Crippen LogP contribution in [-0.4, -0.2) is 28.3 Å². The minimum atomic E-state index is -0.599. The van der Waals surface area contributed by atoms with Gasteiger partial charge in [0, 0.05) is 23.7 Å². The third kappa shape index (κ3) is 4.52. The molecule has 0 N–H and O–H groups in total. The van der Waals surface area contributed by atoms with Gasteiger partial charge in [-0.1, -0.05) is 70.2 Å². The quantitative estimate of drug-likeness (QED) is 0.441. The number of nitrogens with zero attached hydrogens (tertiary/aromatic N) is 2. The van der Waals surface area contributed by atoms with Crippen molar-refractivity contribution >= 4 is 10.0 Å². The lowest BCUT2D eigenvalue weighted by Crippen LogP contribution is -2.10. The molecule has 0 radical (unpaired) electrons.